The lowest BCUT2D eigenvalue weighted by molar-refractivity contribution is -0.142. The van der Waals surface area contributed by atoms with Crippen molar-refractivity contribution in [1.82, 2.24) is 4.90 Å². The molecule has 0 spiro atoms. The number of likely N-dealkylation sites (N-methyl/N-ethyl adjacent to an activating group) is 1. The van der Waals surface area contributed by atoms with Crippen molar-refractivity contribution in [3.8, 4) is 0 Å². The van der Waals surface area contributed by atoms with Gasteiger partial charge in [0.15, 0.2) is 0 Å². The summed E-state index contributed by atoms with van der Waals surface area (Å²) >= 11 is 0. The Bertz CT molecular complexity index is 209. The number of nitrogens with zero attached hydrogens (tertiary/aromatic N) is 1. The van der Waals surface area contributed by atoms with Crippen LogP contribution in [0.3, 0.4) is 0 Å². The normalized spacial score (nSPS) is 16.5. The first-order valence-corrected chi connectivity index (χ1v) is 4.87. The van der Waals surface area contributed by atoms with E-state index in [0.717, 1.165) is 18.9 Å². The lowest BCUT2D eigenvalue weighted by Crippen LogP contribution is -2.34. The molecule has 0 bridgehead atoms. The van der Waals surface area contributed by atoms with Crippen LogP contribution < -0.4 is 0 Å². The zero-order valence-corrected chi connectivity index (χ0v) is 8.38. The molecular weight excluding hydrogens is 166 g/mol. The number of hydrogen-bond donors (Lipinski definition) is 0. The van der Waals surface area contributed by atoms with Crippen LogP contribution in [0.1, 0.15) is 32.6 Å². The number of amides is 1. The van der Waals surface area contributed by atoms with Crippen molar-refractivity contribution < 1.29 is 9.59 Å². The van der Waals surface area contributed by atoms with Gasteiger partial charge < -0.3 is 4.90 Å². The molecule has 0 aromatic carbocycles. The monoisotopic (exact) mass is 183 g/mol. The van der Waals surface area contributed by atoms with E-state index in [-0.39, 0.29) is 11.7 Å². The van der Waals surface area contributed by atoms with Crippen LogP contribution in [0.5, 0.6) is 0 Å². The minimum Gasteiger partial charge on any atom is -0.339 e. The van der Waals surface area contributed by atoms with E-state index in [1.54, 1.807) is 7.05 Å². The molecule has 1 aliphatic rings. The van der Waals surface area contributed by atoms with Gasteiger partial charge in [0.05, 0.1) is 0 Å². The summed E-state index contributed by atoms with van der Waals surface area (Å²) < 4.78 is 0. The van der Waals surface area contributed by atoms with Crippen LogP contribution in [0, 0.1) is 5.92 Å². The highest BCUT2D eigenvalue weighted by Gasteiger charge is 2.19. The van der Waals surface area contributed by atoms with Crippen LogP contribution in [0.2, 0.25) is 0 Å². The highest BCUT2D eigenvalue weighted by molar-refractivity contribution is 6.34. The SMILES string of the molecule is CC(=O)C(=O)N(C)CCC1CCC1. The van der Waals surface area contributed by atoms with Gasteiger partial charge in [-0.15, -0.1) is 0 Å². The summed E-state index contributed by atoms with van der Waals surface area (Å²) in [5, 5.41) is 0. The van der Waals surface area contributed by atoms with E-state index in [4.69, 9.17) is 0 Å². The first-order chi connectivity index (χ1) is 6.11. The molecule has 0 atom stereocenters. The van der Waals surface area contributed by atoms with Gasteiger partial charge in [-0.2, -0.15) is 0 Å². The lowest BCUT2D eigenvalue weighted by Gasteiger charge is -2.27. The summed E-state index contributed by atoms with van der Waals surface area (Å²) in [4.78, 5) is 23.4. The minimum atomic E-state index is -0.365. The van der Waals surface area contributed by atoms with Gasteiger partial charge >= 0.3 is 0 Å². The van der Waals surface area contributed by atoms with Crippen molar-refractivity contribution in [3.05, 3.63) is 0 Å². The van der Waals surface area contributed by atoms with Crippen LogP contribution in [0.4, 0.5) is 0 Å². The molecule has 3 nitrogen and oxygen atoms in total. The summed E-state index contributed by atoms with van der Waals surface area (Å²) in [7, 11) is 1.70. The molecule has 1 fully saturated rings. The summed E-state index contributed by atoms with van der Waals surface area (Å²) in [5.41, 5.74) is 0. The molecule has 3 heteroatoms. The molecule has 0 aliphatic heterocycles. The van der Waals surface area contributed by atoms with E-state index in [1.807, 2.05) is 0 Å². The highest BCUT2D eigenvalue weighted by atomic mass is 16.2. The fourth-order valence-corrected chi connectivity index (χ4v) is 1.53. The van der Waals surface area contributed by atoms with E-state index >= 15 is 0 Å². The molecule has 74 valence electrons. The first-order valence-electron chi connectivity index (χ1n) is 4.87. The Morgan fingerprint density at radius 1 is 1.38 bits per heavy atom. The van der Waals surface area contributed by atoms with Gasteiger partial charge in [0.25, 0.3) is 5.91 Å². The molecule has 0 aromatic heterocycles. The quantitative estimate of drug-likeness (QED) is 0.615. The number of rotatable bonds is 4. The predicted molar refractivity (Wildman–Crippen MR) is 50.3 cm³/mol. The second-order valence-electron chi connectivity index (χ2n) is 3.87. The van der Waals surface area contributed by atoms with Gasteiger partial charge in [-0.05, 0) is 12.3 Å². The van der Waals surface area contributed by atoms with E-state index in [1.165, 1.54) is 31.1 Å². The summed E-state index contributed by atoms with van der Waals surface area (Å²) in [6.45, 7) is 2.05. The molecule has 1 saturated carbocycles. The number of ketones is 1. The van der Waals surface area contributed by atoms with Crippen molar-refractivity contribution in [2.45, 2.75) is 32.6 Å². The van der Waals surface area contributed by atoms with Gasteiger partial charge in [-0.3, -0.25) is 9.59 Å². The Labute approximate surface area is 79.1 Å². The largest absolute Gasteiger partial charge is 0.339 e. The number of Topliss-reactive ketones (excluding diaryl/α,β-unsaturated/α-hetero) is 1. The Balaban J connectivity index is 2.19. The fourth-order valence-electron chi connectivity index (χ4n) is 1.53. The molecular formula is C10H17NO2. The van der Waals surface area contributed by atoms with E-state index < -0.39 is 0 Å². The number of carbonyl (C=O) groups excluding carboxylic acids is 2. The minimum absolute atomic E-state index is 0.362. The molecule has 1 aliphatic carbocycles. The molecule has 1 amide bonds. The second-order valence-corrected chi connectivity index (χ2v) is 3.87. The van der Waals surface area contributed by atoms with Crippen molar-refractivity contribution in [2.24, 2.45) is 5.92 Å². The third-order valence-corrected chi connectivity index (χ3v) is 2.75. The summed E-state index contributed by atoms with van der Waals surface area (Å²) in [5.74, 6) is 0.0673. The topological polar surface area (TPSA) is 37.4 Å². The van der Waals surface area contributed by atoms with Gasteiger partial charge in [-0.1, -0.05) is 19.3 Å². The Kier molecular flexibility index (Phi) is 3.46. The van der Waals surface area contributed by atoms with Crippen LogP contribution in [-0.4, -0.2) is 30.2 Å². The van der Waals surface area contributed by atoms with E-state index in [2.05, 4.69) is 0 Å². The van der Waals surface area contributed by atoms with Crippen LogP contribution in [0.25, 0.3) is 0 Å². The van der Waals surface area contributed by atoms with Gasteiger partial charge in [0.2, 0.25) is 5.78 Å². The number of carbonyl (C=O) groups is 2. The van der Waals surface area contributed by atoms with Crippen molar-refractivity contribution in [2.75, 3.05) is 13.6 Å². The van der Waals surface area contributed by atoms with Crippen molar-refractivity contribution in [3.63, 3.8) is 0 Å². The smallest absolute Gasteiger partial charge is 0.289 e. The van der Waals surface area contributed by atoms with Gasteiger partial charge in [0, 0.05) is 20.5 Å². The van der Waals surface area contributed by atoms with Crippen LogP contribution in [-0.2, 0) is 9.59 Å². The molecule has 0 N–H and O–H groups in total. The third-order valence-electron chi connectivity index (χ3n) is 2.75. The molecule has 1 rings (SSSR count). The molecule has 0 radical (unpaired) electrons. The highest BCUT2D eigenvalue weighted by Crippen LogP contribution is 2.29. The fraction of sp³-hybridized carbons (Fsp3) is 0.800. The maximum atomic E-state index is 11.1. The molecule has 13 heavy (non-hydrogen) atoms. The van der Waals surface area contributed by atoms with Crippen molar-refractivity contribution >= 4 is 11.7 Å². The molecule has 0 saturated heterocycles. The Hall–Kier alpha value is -0.860. The average Bonchev–Trinajstić information content (AvgIpc) is 1.99. The lowest BCUT2D eigenvalue weighted by atomic mass is 9.83. The van der Waals surface area contributed by atoms with Gasteiger partial charge in [0.1, 0.15) is 0 Å². The van der Waals surface area contributed by atoms with Crippen molar-refractivity contribution in [1.29, 1.82) is 0 Å². The standard InChI is InChI=1S/C10H17NO2/c1-8(12)10(13)11(2)7-6-9-4-3-5-9/h9H,3-7H2,1-2H3. The third kappa shape index (κ3) is 2.83. The zero-order valence-electron chi connectivity index (χ0n) is 8.38. The van der Waals surface area contributed by atoms with E-state index in [0.29, 0.717) is 0 Å². The van der Waals surface area contributed by atoms with Gasteiger partial charge in [-0.25, -0.2) is 0 Å². The average molecular weight is 183 g/mol. The maximum Gasteiger partial charge on any atom is 0.289 e. The number of hydrogen-bond acceptors (Lipinski definition) is 2. The Morgan fingerprint density at radius 3 is 2.38 bits per heavy atom. The second kappa shape index (κ2) is 4.40. The molecule has 0 aromatic rings. The predicted octanol–water partition coefficient (Wildman–Crippen LogP) is 1.22. The van der Waals surface area contributed by atoms with E-state index in [9.17, 15) is 9.59 Å². The Morgan fingerprint density at radius 2 is 2.00 bits per heavy atom. The summed E-state index contributed by atoms with van der Waals surface area (Å²) in [6.07, 6.45) is 4.97. The summed E-state index contributed by atoms with van der Waals surface area (Å²) in [6, 6.07) is 0. The van der Waals surface area contributed by atoms with Crippen LogP contribution >= 0.6 is 0 Å². The molecule has 0 heterocycles. The zero-order chi connectivity index (χ0) is 9.84. The van der Waals surface area contributed by atoms with Crippen LogP contribution in [0.15, 0.2) is 0 Å². The maximum absolute atomic E-state index is 11.1. The molecule has 0 unspecified atom stereocenters. The first kappa shape index (κ1) is 10.2.